The Morgan fingerprint density at radius 3 is 2.08 bits per heavy atom. The number of halogens is 1. The predicted octanol–water partition coefficient (Wildman–Crippen LogP) is -1.21. The van der Waals surface area contributed by atoms with Crippen LogP contribution in [0.1, 0.15) is 0 Å². The van der Waals surface area contributed by atoms with Gasteiger partial charge in [0.1, 0.15) is 0 Å². The molecule has 38 heavy (non-hydrogen) atoms. The van der Waals surface area contributed by atoms with Crippen molar-refractivity contribution < 1.29 is 30.0 Å². The van der Waals surface area contributed by atoms with E-state index in [9.17, 15) is 19.2 Å². The molecule has 15 heteroatoms. The molecular formula is C23H29ClN6O8. The number of aliphatic carboxylic acids is 2. The van der Waals surface area contributed by atoms with E-state index in [1.807, 2.05) is 22.8 Å². The van der Waals surface area contributed by atoms with Gasteiger partial charge in [0, 0.05) is 53.4 Å². The number of hydrogen-bond acceptors (Lipinski definition) is 9. The van der Waals surface area contributed by atoms with Crippen LogP contribution >= 0.6 is 11.6 Å². The van der Waals surface area contributed by atoms with Gasteiger partial charge in [0.2, 0.25) is 0 Å². The van der Waals surface area contributed by atoms with E-state index in [1.165, 1.54) is 11.6 Å². The van der Waals surface area contributed by atoms with Gasteiger partial charge < -0.3 is 29.9 Å². The van der Waals surface area contributed by atoms with Crippen LogP contribution in [0.3, 0.4) is 0 Å². The van der Waals surface area contributed by atoms with Gasteiger partial charge in [-0.25, -0.2) is 19.4 Å². The number of aromatic nitrogens is 4. The van der Waals surface area contributed by atoms with Gasteiger partial charge in [-0.1, -0.05) is 23.7 Å². The molecule has 4 N–H and O–H groups in total. The van der Waals surface area contributed by atoms with Gasteiger partial charge in [-0.05, 0) is 12.1 Å². The van der Waals surface area contributed by atoms with Crippen molar-refractivity contribution >= 4 is 40.4 Å². The Morgan fingerprint density at radius 2 is 1.53 bits per heavy atom. The maximum Gasteiger partial charge on any atom is 0.335 e. The molecule has 0 saturated carbocycles. The van der Waals surface area contributed by atoms with E-state index in [1.54, 1.807) is 13.4 Å². The highest BCUT2D eigenvalue weighted by Gasteiger charge is 2.29. The molecule has 0 bridgehead atoms. The zero-order chi connectivity index (χ0) is 28.1. The molecule has 1 fully saturated rings. The van der Waals surface area contributed by atoms with E-state index >= 15 is 0 Å². The topological polar surface area (TPSA) is 183 Å². The summed E-state index contributed by atoms with van der Waals surface area (Å²) in [7, 11) is 3.13. The van der Waals surface area contributed by atoms with Crippen molar-refractivity contribution in [3.63, 3.8) is 0 Å². The van der Waals surface area contributed by atoms with Crippen molar-refractivity contribution in [3.05, 3.63) is 56.5 Å². The number of carboxylic acids is 2. The van der Waals surface area contributed by atoms with Crippen molar-refractivity contribution in [2.75, 3.05) is 37.6 Å². The number of aliphatic hydroxyl groups is 2. The third-order valence-electron chi connectivity index (χ3n) is 6.24. The Labute approximate surface area is 221 Å². The standard InChI is InChI=1S/C19H23ClN6O2.C4H6O6/c1-22-17-16(18(27)23(2)19(22)28)26(13-21-17)12-9-24-7-10-25(11-8-24)15-6-4-3-5-14(15)20;5-1(3(7)8)2(6)4(9)10/h3-6,13H,7-12H2,1-2H3;1-2,5-6H,(H,7,8)(H,9,10). The Hall–Kier alpha value is -3.72. The molecule has 4 rings (SSSR count). The quantitative estimate of drug-likeness (QED) is 0.276. The zero-order valence-corrected chi connectivity index (χ0v) is 21.5. The van der Waals surface area contributed by atoms with Crippen molar-refractivity contribution in [2.45, 2.75) is 18.8 Å². The molecule has 0 spiro atoms. The van der Waals surface area contributed by atoms with Crippen LogP contribution in [0.15, 0.2) is 40.2 Å². The summed E-state index contributed by atoms with van der Waals surface area (Å²) in [6.07, 6.45) is -2.89. The zero-order valence-electron chi connectivity index (χ0n) is 20.8. The molecule has 1 aliphatic heterocycles. The lowest BCUT2D eigenvalue weighted by Gasteiger charge is -2.36. The predicted molar refractivity (Wildman–Crippen MR) is 138 cm³/mol. The molecule has 2 atom stereocenters. The number of hydrogen-bond donors (Lipinski definition) is 4. The number of carbonyl (C=O) groups is 2. The summed E-state index contributed by atoms with van der Waals surface area (Å²) in [5.41, 5.74) is 1.31. The van der Waals surface area contributed by atoms with E-state index < -0.39 is 24.1 Å². The minimum absolute atomic E-state index is 0.306. The Balaban J connectivity index is 0.000000342. The maximum absolute atomic E-state index is 12.5. The number of piperazine rings is 1. The van der Waals surface area contributed by atoms with Crippen LogP contribution in [-0.2, 0) is 30.2 Å². The van der Waals surface area contributed by atoms with Crippen LogP contribution in [0.25, 0.3) is 11.2 Å². The van der Waals surface area contributed by atoms with E-state index in [2.05, 4.69) is 20.9 Å². The summed E-state index contributed by atoms with van der Waals surface area (Å²) < 4.78 is 4.38. The van der Waals surface area contributed by atoms with Crippen LogP contribution in [0.5, 0.6) is 0 Å². The summed E-state index contributed by atoms with van der Waals surface area (Å²) in [6.45, 7) is 5.13. The first kappa shape index (κ1) is 28.8. The van der Waals surface area contributed by atoms with Crippen LogP contribution in [0.2, 0.25) is 5.02 Å². The minimum atomic E-state index is -2.27. The van der Waals surface area contributed by atoms with Crippen LogP contribution in [-0.4, -0.2) is 101 Å². The summed E-state index contributed by atoms with van der Waals surface area (Å²) >= 11 is 6.31. The van der Waals surface area contributed by atoms with Gasteiger partial charge in [0.25, 0.3) is 5.56 Å². The SMILES string of the molecule is Cn1c(=O)c2c(ncn2CCN2CCN(c3ccccc3Cl)CC2)n(C)c1=O.O=C(O)C(O)C(O)C(=O)O. The van der Waals surface area contributed by atoms with Crippen molar-refractivity contribution in [1.82, 2.24) is 23.6 Å². The first-order valence-electron chi connectivity index (χ1n) is 11.6. The molecule has 3 aromatic rings. The number of benzene rings is 1. The summed E-state index contributed by atoms with van der Waals surface area (Å²) in [4.78, 5) is 53.1. The Bertz CT molecular complexity index is 1410. The highest BCUT2D eigenvalue weighted by molar-refractivity contribution is 6.33. The van der Waals surface area contributed by atoms with E-state index in [0.29, 0.717) is 17.7 Å². The smallest absolute Gasteiger partial charge is 0.335 e. The molecule has 1 aliphatic rings. The molecular weight excluding hydrogens is 524 g/mol. The van der Waals surface area contributed by atoms with Gasteiger partial charge in [0.05, 0.1) is 17.0 Å². The number of aliphatic hydroxyl groups excluding tert-OH is 2. The number of carboxylic acid groups (broad SMARTS) is 2. The van der Waals surface area contributed by atoms with Crippen LogP contribution in [0.4, 0.5) is 5.69 Å². The Morgan fingerprint density at radius 1 is 0.947 bits per heavy atom. The summed E-state index contributed by atoms with van der Waals surface area (Å²) in [6, 6.07) is 7.92. The van der Waals surface area contributed by atoms with Crippen molar-refractivity contribution in [3.8, 4) is 0 Å². The molecule has 206 valence electrons. The average Bonchev–Trinajstić information content (AvgIpc) is 3.33. The van der Waals surface area contributed by atoms with E-state index in [0.717, 1.165) is 48.0 Å². The molecule has 2 aromatic heterocycles. The third-order valence-corrected chi connectivity index (χ3v) is 6.56. The number of fused-ring (bicyclic) bond motifs is 1. The number of para-hydroxylation sites is 1. The second-order valence-electron chi connectivity index (χ2n) is 8.66. The number of anilines is 1. The summed E-state index contributed by atoms with van der Waals surface area (Å²) in [5, 5.41) is 33.3. The molecule has 1 aromatic carbocycles. The maximum atomic E-state index is 12.5. The number of nitrogens with zero attached hydrogens (tertiary/aromatic N) is 6. The fourth-order valence-corrected chi connectivity index (χ4v) is 4.26. The Kier molecular flexibility index (Phi) is 9.27. The molecule has 0 aliphatic carbocycles. The second kappa shape index (κ2) is 12.2. The lowest BCUT2D eigenvalue weighted by Crippen LogP contribution is -2.47. The van der Waals surface area contributed by atoms with Gasteiger partial charge >= 0.3 is 17.6 Å². The molecule has 0 amide bonds. The van der Waals surface area contributed by atoms with Gasteiger partial charge in [-0.15, -0.1) is 0 Å². The van der Waals surface area contributed by atoms with E-state index in [4.69, 9.17) is 32.0 Å². The normalized spacial score (nSPS) is 15.6. The second-order valence-corrected chi connectivity index (χ2v) is 9.07. The molecule has 3 heterocycles. The van der Waals surface area contributed by atoms with Crippen LogP contribution < -0.4 is 16.1 Å². The summed E-state index contributed by atoms with van der Waals surface area (Å²) in [5.74, 6) is -3.54. The van der Waals surface area contributed by atoms with Crippen molar-refractivity contribution in [2.24, 2.45) is 14.1 Å². The highest BCUT2D eigenvalue weighted by atomic mass is 35.5. The molecule has 0 radical (unpaired) electrons. The monoisotopic (exact) mass is 552 g/mol. The largest absolute Gasteiger partial charge is 0.479 e. The van der Waals surface area contributed by atoms with Gasteiger partial charge in [0.15, 0.2) is 23.4 Å². The third kappa shape index (κ3) is 6.22. The fourth-order valence-electron chi connectivity index (χ4n) is 4.01. The average molecular weight is 553 g/mol. The number of rotatable bonds is 7. The first-order chi connectivity index (χ1) is 17.9. The number of imidazole rings is 1. The van der Waals surface area contributed by atoms with E-state index in [-0.39, 0.29) is 11.2 Å². The lowest BCUT2D eigenvalue weighted by molar-refractivity contribution is -0.165. The van der Waals surface area contributed by atoms with Crippen LogP contribution in [0, 0.1) is 0 Å². The highest BCUT2D eigenvalue weighted by Crippen LogP contribution is 2.26. The van der Waals surface area contributed by atoms with Gasteiger partial charge in [-0.2, -0.15) is 0 Å². The number of aryl methyl sites for hydroxylation is 1. The fraction of sp³-hybridized carbons (Fsp3) is 0.435. The first-order valence-corrected chi connectivity index (χ1v) is 12.0. The van der Waals surface area contributed by atoms with Gasteiger partial charge in [-0.3, -0.25) is 18.8 Å². The van der Waals surface area contributed by atoms with Crippen molar-refractivity contribution in [1.29, 1.82) is 0 Å². The molecule has 2 unspecified atom stereocenters. The minimum Gasteiger partial charge on any atom is -0.479 e. The molecule has 14 nitrogen and oxygen atoms in total. The lowest BCUT2D eigenvalue weighted by atomic mass is 10.2. The molecule has 1 saturated heterocycles.